The highest BCUT2D eigenvalue weighted by Crippen LogP contribution is 2.25. The molecule has 1 atom stereocenters. The van der Waals surface area contributed by atoms with E-state index in [1.54, 1.807) is 23.1 Å². The van der Waals surface area contributed by atoms with Gasteiger partial charge in [-0.2, -0.15) is 0 Å². The van der Waals surface area contributed by atoms with Gasteiger partial charge in [0.25, 0.3) is 5.91 Å². The first-order chi connectivity index (χ1) is 12.8. The Hall–Kier alpha value is -2.28. The number of halogens is 1. The first-order valence-electron chi connectivity index (χ1n) is 8.94. The molecule has 27 heavy (non-hydrogen) atoms. The first kappa shape index (κ1) is 21.0. The number of rotatable bonds is 6. The maximum absolute atomic E-state index is 12.5. The molecule has 0 spiro atoms. The van der Waals surface area contributed by atoms with Crippen molar-refractivity contribution < 1.29 is 24.2 Å². The third-order valence-electron chi connectivity index (χ3n) is 4.77. The normalized spacial score (nSPS) is 17.1. The van der Waals surface area contributed by atoms with Crippen molar-refractivity contribution in [1.82, 2.24) is 9.80 Å². The largest absolute Gasteiger partial charge is 0.483 e. The zero-order valence-corrected chi connectivity index (χ0v) is 16.4. The molecule has 1 aromatic rings. The molecule has 1 unspecified atom stereocenters. The van der Waals surface area contributed by atoms with Gasteiger partial charge in [-0.25, -0.2) is 0 Å². The average molecular weight is 397 g/mol. The summed E-state index contributed by atoms with van der Waals surface area (Å²) in [6.07, 6.45) is 1.93. The van der Waals surface area contributed by atoms with Crippen molar-refractivity contribution in [2.24, 2.45) is 0 Å². The van der Waals surface area contributed by atoms with Crippen LogP contribution in [0, 0.1) is 6.92 Å². The van der Waals surface area contributed by atoms with Crippen LogP contribution in [0.25, 0.3) is 0 Å². The highest BCUT2D eigenvalue weighted by molar-refractivity contribution is 6.31. The van der Waals surface area contributed by atoms with Crippen LogP contribution in [0.1, 0.15) is 31.7 Å². The maximum Gasteiger partial charge on any atom is 0.323 e. The Balaban J connectivity index is 1.92. The summed E-state index contributed by atoms with van der Waals surface area (Å²) in [7, 11) is 0. The predicted molar refractivity (Wildman–Crippen MR) is 101 cm³/mol. The summed E-state index contributed by atoms with van der Waals surface area (Å²) in [5.41, 5.74) is 0.786. The molecule has 2 rings (SSSR count). The van der Waals surface area contributed by atoms with E-state index in [-0.39, 0.29) is 31.0 Å². The van der Waals surface area contributed by atoms with Crippen molar-refractivity contribution in [3.05, 3.63) is 28.8 Å². The fourth-order valence-electron chi connectivity index (χ4n) is 3.26. The number of hydrogen-bond acceptors (Lipinski definition) is 4. The van der Waals surface area contributed by atoms with Crippen molar-refractivity contribution in [2.75, 3.05) is 26.2 Å². The Morgan fingerprint density at radius 3 is 2.70 bits per heavy atom. The Labute approximate surface area is 163 Å². The van der Waals surface area contributed by atoms with Gasteiger partial charge in [0.1, 0.15) is 12.3 Å². The second-order valence-corrected chi connectivity index (χ2v) is 7.07. The zero-order chi connectivity index (χ0) is 20.0. The molecule has 2 amide bonds. The summed E-state index contributed by atoms with van der Waals surface area (Å²) in [4.78, 5) is 38.4. The Morgan fingerprint density at radius 1 is 1.30 bits per heavy atom. The number of carboxylic acid groups (broad SMARTS) is 1. The summed E-state index contributed by atoms with van der Waals surface area (Å²) in [5.74, 6) is -0.856. The van der Waals surface area contributed by atoms with Crippen LogP contribution in [0.2, 0.25) is 5.02 Å². The minimum Gasteiger partial charge on any atom is -0.483 e. The molecule has 0 aliphatic carbocycles. The third kappa shape index (κ3) is 5.85. The molecular weight excluding hydrogens is 372 g/mol. The van der Waals surface area contributed by atoms with Crippen LogP contribution < -0.4 is 4.74 Å². The van der Waals surface area contributed by atoms with E-state index in [1.165, 1.54) is 11.8 Å². The molecule has 0 saturated carbocycles. The molecule has 0 bridgehead atoms. The van der Waals surface area contributed by atoms with E-state index in [9.17, 15) is 14.4 Å². The average Bonchev–Trinajstić information content (AvgIpc) is 2.86. The van der Waals surface area contributed by atoms with Crippen molar-refractivity contribution in [1.29, 1.82) is 0 Å². The standard InChI is InChI=1S/C19H25ClN2O5/c1-13-16(20)6-3-7-17(13)27-12-18(24)21-9-4-5-15(8-10-21)22(14(2)23)11-19(25)26/h3,6-7,15H,4-5,8-12H2,1-2H3,(H,25,26). The highest BCUT2D eigenvalue weighted by atomic mass is 35.5. The van der Waals surface area contributed by atoms with Crippen molar-refractivity contribution in [2.45, 2.75) is 39.2 Å². The Morgan fingerprint density at radius 2 is 2.04 bits per heavy atom. The van der Waals surface area contributed by atoms with Gasteiger partial charge in [0, 0.05) is 36.6 Å². The van der Waals surface area contributed by atoms with Crippen LogP contribution in [0.15, 0.2) is 18.2 Å². The maximum atomic E-state index is 12.5. The second kappa shape index (κ2) is 9.60. The van der Waals surface area contributed by atoms with E-state index >= 15 is 0 Å². The lowest BCUT2D eigenvalue weighted by Gasteiger charge is -2.28. The lowest BCUT2D eigenvalue weighted by molar-refractivity contribution is -0.145. The SMILES string of the molecule is CC(=O)N(CC(=O)O)C1CCCN(C(=O)COc2cccc(Cl)c2C)CC1. The van der Waals surface area contributed by atoms with Crippen LogP contribution in [-0.2, 0) is 14.4 Å². The number of likely N-dealkylation sites (tertiary alicyclic amines) is 1. The van der Waals surface area contributed by atoms with Gasteiger partial charge in [-0.15, -0.1) is 0 Å². The molecular formula is C19H25ClN2O5. The second-order valence-electron chi connectivity index (χ2n) is 6.66. The molecule has 8 heteroatoms. The topological polar surface area (TPSA) is 87.2 Å². The van der Waals surface area contributed by atoms with Gasteiger partial charge in [-0.1, -0.05) is 17.7 Å². The van der Waals surface area contributed by atoms with Gasteiger partial charge in [-0.3, -0.25) is 14.4 Å². The van der Waals surface area contributed by atoms with E-state index in [0.29, 0.717) is 43.1 Å². The van der Waals surface area contributed by atoms with Crippen LogP contribution in [0.5, 0.6) is 5.75 Å². The Kier molecular flexibility index (Phi) is 7.47. The van der Waals surface area contributed by atoms with Gasteiger partial charge in [0.15, 0.2) is 6.61 Å². The van der Waals surface area contributed by atoms with E-state index in [0.717, 1.165) is 5.56 Å². The van der Waals surface area contributed by atoms with E-state index in [1.807, 2.05) is 6.92 Å². The summed E-state index contributed by atoms with van der Waals surface area (Å²) < 4.78 is 5.62. The fourth-order valence-corrected chi connectivity index (χ4v) is 3.42. The number of carbonyl (C=O) groups is 3. The molecule has 1 N–H and O–H groups in total. The van der Waals surface area contributed by atoms with E-state index in [2.05, 4.69) is 0 Å². The number of carboxylic acids is 1. The Bertz CT molecular complexity index is 709. The molecule has 1 saturated heterocycles. The number of nitrogens with zero attached hydrogens (tertiary/aromatic N) is 2. The molecule has 1 aliphatic heterocycles. The zero-order valence-electron chi connectivity index (χ0n) is 15.6. The third-order valence-corrected chi connectivity index (χ3v) is 5.18. The number of benzene rings is 1. The van der Waals surface area contributed by atoms with Gasteiger partial charge >= 0.3 is 5.97 Å². The van der Waals surface area contributed by atoms with Gasteiger partial charge in [-0.05, 0) is 38.3 Å². The lowest BCUT2D eigenvalue weighted by Crippen LogP contribution is -2.43. The predicted octanol–water partition coefficient (Wildman–Crippen LogP) is 2.34. The monoisotopic (exact) mass is 396 g/mol. The van der Waals surface area contributed by atoms with Gasteiger partial charge < -0.3 is 19.6 Å². The smallest absolute Gasteiger partial charge is 0.323 e. The molecule has 148 valence electrons. The molecule has 0 radical (unpaired) electrons. The van der Waals surface area contributed by atoms with Crippen LogP contribution in [0.4, 0.5) is 0 Å². The summed E-state index contributed by atoms with van der Waals surface area (Å²) in [5, 5.41) is 9.59. The van der Waals surface area contributed by atoms with Crippen molar-refractivity contribution in [3.8, 4) is 5.75 Å². The molecule has 1 aliphatic rings. The molecule has 1 fully saturated rings. The number of carbonyl (C=O) groups excluding carboxylic acids is 2. The van der Waals surface area contributed by atoms with Crippen LogP contribution in [0.3, 0.4) is 0 Å². The quantitative estimate of drug-likeness (QED) is 0.797. The number of hydrogen-bond donors (Lipinski definition) is 1. The highest BCUT2D eigenvalue weighted by Gasteiger charge is 2.27. The van der Waals surface area contributed by atoms with Crippen LogP contribution in [-0.4, -0.2) is 65.0 Å². The van der Waals surface area contributed by atoms with Crippen molar-refractivity contribution in [3.63, 3.8) is 0 Å². The summed E-state index contributed by atoms with van der Waals surface area (Å²) in [6, 6.07) is 5.12. The molecule has 1 aromatic carbocycles. The minimum absolute atomic E-state index is 0.0859. The van der Waals surface area contributed by atoms with E-state index in [4.69, 9.17) is 21.4 Å². The van der Waals surface area contributed by atoms with E-state index < -0.39 is 5.97 Å². The fraction of sp³-hybridized carbons (Fsp3) is 0.526. The molecule has 1 heterocycles. The number of ether oxygens (including phenoxy) is 1. The van der Waals surface area contributed by atoms with Crippen molar-refractivity contribution >= 4 is 29.4 Å². The molecule has 7 nitrogen and oxygen atoms in total. The number of aliphatic carboxylic acids is 1. The van der Waals surface area contributed by atoms with Crippen LogP contribution >= 0.6 is 11.6 Å². The summed E-state index contributed by atoms with van der Waals surface area (Å²) in [6.45, 7) is 3.83. The van der Waals surface area contributed by atoms with Gasteiger partial charge in [0.2, 0.25) is 5.91 Å². The summed E-state index contributed by atoms with van der Waals surface area (Å²) >= 11 is 6.06. The van der Waals surface area contributed by atoms with Gasteiger partial charge in [0.05, 0.1) is 0 Å². The lowest BCUT2D eigenvalue weighted by atomic mass is 10.1. The first-order valence-corrected chi connectivity index (χ1v) is 9.32. The minimum atomic E-state index is -1.03. The molecule has 0 aromatic heterocycles. The number of amides is 2.